The molecule has 1 aromatic heterocycles. The SMILES string of the molecule is O=C(NC1CCN(CC(F)(F)F)CC1)c1n[nH]c2c1CNCC2. The van der Waals surface area contributed by atoms with Crippen LogP contribution in [0.5, 0.6) is 0 Å². The Bertz CT molecular complexity index is 563. The van der Waals surface area contributed by atoms with Gasteiger partial charge in [-0.3, -0.25) is 14.8 Å². The first-order valence-corrected chi connectivity index (χ1v) is 7.79. The van der Waals surface area contributed by atoms with Crippen molar-refractivity contribution in [2.24, 2.45) is 0 Å². The first kappa shape index (κ1) is 16.3. The lowest BCUT2D eigenvalue weighted by atomic mass is 10.0. The topological polar surface area (TPSA) is 73.0 Å². The highest BCUT2D eigenvalue weighted by Gasteiger charge is 2.33. The fourth-order valence-corrected chi connectivity index (χ4v) is 3.16. The second kappa shape index (κ2) is 6.48. The minimum absolute atomic E-state index is 0.101. The van der Waals surface area contributed by atoms with Gasteiger partial charge in [0, 0.05) is 49.9 Å². The van der Waals surface area contributed by atoms with Gasteiger partial charge in [-0.25, -0.2) is 0 Å². The maximum absolute atomic E-state index is 12.4. The lowest BCUT2D eigenvalue weighted by Crippen LogP contribution is -2.47. The predicted molar refractivity (Wildman–Crippen MR) is 77.0 cm³/mol. The summed E-state index contributed by atoms with van der Waals surface area (Å²) in [5.74, 6) is -0.250. The quantitative estimate of drug-likeness (QED) is 0.766. The van der Waals surface area contributed by atoms with E-state index >= 15 is 0 Å². The van der Waals surface area contributed by atoms with Crippen LogP contribution in [0.1, 0.15) is 34.6 Å². The number of aromatic amines is 1. The fourth-order valence-electron chi connectivity index (χ4n) is 3.16. The number of hydrogen-bond acceptors (Lipinski definition) is 4. The molecule has 128 valence electrons. The Morgan fingerprint density at radius 1 is 1.35 bits per heavy atom. The summed E-state index contributed by atoms with van der Waals surface area (Å²) in [4.78, 5) is 13.7. The van der Waals surface area contributed by atoms with Gasteiger partial charge in [0.25, 0.3) is 5.91 Å². The van der Waals surface area contributed by atoms with Crippen molar-refractivity contribution in [3.63, 3.8) is 0 Å². The van der Waals surface area contributed by atoms with Crippen LogP contribution in [0.2, 0.25) is 0 Å². The number of nitrogens with zero attached hydrogens (tertiary/aromatic N) is 2. The zero-order chi connectivity index (χ0) is 16.4. The average molecular weight is 331 g/mol. The third-order valence-electron chi connectivity index (χ3n) is 4.35. The van der Waals surface area contributed by atoms with E-state index in [9.17, 15) is 18.0 Å². The number of halogens is 3. The van der Waals surface area contributed by atoms with E-state index in [2.05, 4.69) is 20.8 Å². The first-order valence-electron chi connectivity index (χ1n) is 7.79. The molecule has 6 nitrogen and oxygen atoms in total. The highest BCUT2D eigenvalue weighted by molar-refractivity contribution is 5.94. The van der Waals surface area contributed by atoms with Crippen LogP contribution in [0.4, 0.5) is 13.2 Å². The zero-order valence-corrected chi connectivity index (χ0v) is 12.7. The minimum Gasteiger partial charge on any atom is -0.348 e. The van der Waals surface area contributed by atoms with Gasteiger partial charge in [0.15, 0.2) is 5.69 Å². The molecular formula is C14H20F3N5O. The van der Waals surface area contributed by atoms with Crippen molar-refractivity contribution in [3.8, 4) is 0 Å². The number of rotatable bonds is 3. The third-order valence-corrected chi connectivity index (χ3v) is 4.35. The predicted octanol–water partition coefficient (Wildman–Crippen LogP) is 0.812. The number of alkyl halides is 3. The molecule has 0 bridgehead atoms. The summed E-state index contributed by atoms with van der Waals surface area (Å²) in [5, 5.41) is 13.1. The molecule has 3 N–H and O–H groups in total. The van der Waals surface area contributed by atoms with Crippen molar-refractivity contribution in [1.82, 2.24) is 25.7 Å². The molecule has 0 aromatic carbocycles. The van der Waals surface area contributed by atoms with E-state index in [4.69, 9.17) is 0 Å². The van der Waals surface area contributed by atoms with Crippen LogP contribution in [0.25, 0.3) is 0 Å². The van der Waals surface area contributed by atoms with E-state index in [1.807, 2.05) is 0 Å². The Morgan fingerprint density at radius 3 is 2.78 bits per heavy atom. The van der Waals surface area contributed by atoms with Crippen molar-refractivity contribution < 1.29 is 18.0 Å². The molecule has 9 heteroatoms. The van der Waals surface area contributed by atoms with Crippen LogP contribution in [0.15, 0.2) is 0 Å². The molecule has 3 heterocycles. The maximum atomic E-state index is 12.4. The van der Waals surface area contributed by atoms with Crippen LogP contribution in [-0.2, 0) is 13.0 Å². The molecule has 0 radical (unpaired) electrons. The molecule has 3 rings (SSSR count). The number of piperidine rings is 1. The van der Waals surface area contributed by atoms with Gasteiger partial charge in [0.1, 0.15) is 0 Å². The summed E-state index contributed by atoms with van der Waals surface area (Å²) in [6, 6.07) is -0.101. The number of carbonyl (C=O) groups excluding carboxylic acids is 1. The number of hydrogen-bond donors (Lipinski definition) is 3. The molecule has 1 amide bonds. The van der Waals surface area contributed by atoms with E-state index in [1.165, 1.54) is 4.90 Å². The Morgan fingerprint density at radius 2 is 2.09 bits per heavy atom. The first-order chi connectivity index (χ1) is 10.9. The summed E-state index contributed by atoms with van der Waals surface area (Å²) >= 11 is 0. The van der Waals surface area contributed by atoms with Crippen LogP contribution in [0.3, 0.4) is 0 Å². The number of fused-ring (bicyclic) bond motifs is 1. The molecule has 0 aliphatic carbocycles. The average Bonchev–Trinajstić information content (AvgIpc) is 2.92. The fraction of sp³-hybridized carbons (Fsp3) is 0.714. The zero-order valence-electron chi connectivity index (χ0n) is 12.7. The number of H-pyrrole nitrogens is 1. The lowest BCUT2D eigenvalue weighted by molar-refractivity contribution is -0.148. The van der Waals surface area contributed by atoms with Crippen molar-refractivity contribution in [2.75, 3.05) is 26.2 Å². The van der Waals surface area contributed by atoms with Gasteiger partial charge in [-0.2, -0.15) is 18.3 Å². The highest BCUT2D eigenvalue weighted by atomic mass is 19.4. The molecule has 0 spiro atoms. The van der Waals surface area contributed by atoms with Gasteiger partial charge in [-0.15, -0.1) is 0 Å². The van der Waals surface area contributed by atoms with E-state index in [-0.39, 0.29) is 11.9 Å². The highest BCUT2D eigenvalue weighted by Crippen LogP contribution is 2.20. The molecular weight excluding hydrogens is 311 g/mol. The molecule has 2 aliphatic heterocycles. The molecule has 23 heavy (non-hydrogen) atoms. The monoisotopic (exact) mass is 331 g/mol. The summed E-state index contributed by atoms with van der Waals surface area (Å²) in [7, 11) is 0. The van der Waals surface area contributed by atoms with E-state index in [0.29, 0.717) is 38.2 Å². The number of carbonyl (C=O) groups is 1. The smallest absolute Gasteiger partial charge is 0.348 e. The lowest BCUT2D eigenvalue weighted by Gasteiger charge is -2.32. The van der Waals surface area contributed by atoms with Crippen LogP contribution >= 0.6 is 0 Å². The van der Waals surface area contributed by atoms with Crippen molar-refractivity contribution >= 4 is 5.91 Å². The number of likely N-dealkylation sites (tertiary alicyclic amines) is 1. The second-order valence-corrected chi connectivity index (χ2v) is 6.10. The van der Waals surface area contributed by atoms with E-state index in [1.54, 1.807) is 0 Å². The second-order valence-electron chi connectivity index (χ2n) is 6.10. The van der Waals surface area contributed by atoms with Gasteiger partial charge in [0.05, 0.1) is 6.54 Å². The van der Waals surface area contributed by atoms with E-state index < -0.39 is 12.7 Å². The molecule has 0 atom stereocenters. The van der Waals surface area contributed by atoms with Gasteiger partial charge < -0.3 is 10.6 Å². The third kappa shape index (κ3) is 4.03. The van der Waals surface area contributed by atoms with Gasteiger partial charge in [-0.05, 0) is 12.8 Å². The van der Waals surface area contributed by atoms with Crippen molar-refractivity contribution in [3.05, 3.63) is 17.0 Å². The van der Waals surface area contributed by atoms with Gasteiger partial charge in [0.2, 0.25) is 0 Å². The van der Waals surface area contributed by atoms with Gasteiger partial charge >= 0.3 is 6.18 Å². The molecule has 1 aromatic rings. The summed E-state index contributed by atoms with van der Waals surface area (Å²) in [6.07, 6.45) is -2.32. The maximum Gasteiger partial charge on any atom is 0.401 e. The Hall–Kier alpha value is -1.61. The van der Waals surface area contributed by atoms with E-state index in [0.717, 1.165) is 24.2 Å². The molecule has 1 saturated heterocycles. The Kier molecular flexibility index (Phi) is 4.58. The van der Waals surface area contributed by atoms with Crippen LogP contribution in [0, 0.1) is 0 Å². The summed E-state index contributed by atoms with van der Waals surface area (Å²) in [6.45, 7) is 1.26. The number of aromatic nitrogens is 2. The number of amides is 1. The van der Waals surface area contributed by atoms with Crippen LogP contribution in [-0.4, -0.2) is 59.4 Å². The minimum atomic E-state index is -4.17. The molecule has 1 fully saturated rings. The van der Waals surface area contributed by atoms with Gasteiger partial charge in [-0.1, -0.05) is 0 Å². The normalized spacial score (nSPS) is 20.3. The molecule has 0 unspecified atom stereocenters. The molecule has 0 saturated carbocycles. The van der Waals surface area contributed by atoms with Crippen LogP contribution < -0.4 is 10.6 Å². The van der Waals surface area contributed by atoms with Crippen molar-refractivity contribution in [2.45, 2.75) is 38.0 Å². The summed E-state index contributed by atoms with van der Waals surface area (Å²) < 4.78 is 37.1. The Balaban J connectivity index is 1.53. The number of nitrogens with one attached hydrogen (secondary N) is 3. The summed E-state index contributed by atoms with van der Waals surface area (Å²) in [5.41, 5.74) is 2.27. The standard InChI is InChI=1S/C14H20F3N5O/c15-14(16,17)8-22-5-2-9(3-6-22)19-13(23)12-10-7-18-4-1-11(10)20-21-12/h9,18H,1-8H2,(H,19,23)(H,20,21). The van der Waals surface area contributed by atoms with Crippen molar-refractivity contribution in [1.29, 1.82) is 0 Å². The molecule has 2 aliphatic rings. The largest absolute Gasteiger partial charge is 0.401 e. The Labute approximate surface area is 131 Å².